The predicted octanol–water partition coefficient (Wildman–Crippen LogP) is 2.17. The van der Waals surface area contributed by atoms with Crippen LogP contribution in [0.3, 0.4) is 0 Å². The van der Waals surface area contributed by atoms with E-state index in [1.807, 2.05) is 0 Å². The van der Waals surface area contributed by atoms with Crippen molar-refractivity contribution in [3.05, 3.63) is 0 Å². The van der Waals surface area contributed by atoms with Crippen LogP contribution in [0, 0.1) is 28.1 Å². The third-order valence-electron chi connectivity index (χ3n) is 7.09. The smallest absolute Gasteiger partial charge is 0.175 e. The Morgan fingerprint density at radius 3 is 2.47 bits per heavy atom. The van der Waals surface area contributed by atoms with Crippen LogP contribution in [0.2, 0.25) is 0 Å². The van der Waals surface area contributed by atoms with Gasteiger partial charge in [0.05, 0.1) is 6.10 Å². The van der Waals surface area contributed by atoms with Crippen molar-refractivity contribution in [3.63, 3.8) is 0 Å². The Morgan fingerprint density at radius 1 is 1.20 bits per heavy atom. The van der Waals surface area contributed by atoms with Gasteiger partial charge in [-0.3, -0.25) is 0 Å². The number of hydrogen-bond donors (Lipinski definition) is 1. The molecular weight excluding hydrogens is 188 g/mol. The molecule has 0 aromatic rings. The average Bonchev–Trinajstić information content (AvgIpc) is 2.71. The van der Waals surface area contributed by atoms with Gasteiger partial charge in [0.25, 0.3) is 0 Å². The lowest BCUT2D eigenvalue weighted by Gasteiger charge is -2.60. The SMILES string of the molecule is CC1(C)[C@@]2(O)O[C@@H]3CC4C2[C@]4(C)[C@@]1(C)C3. The second-order valence-corrected chi connectivity index (χ2v) is 7.20. The van der Waals surface area contributed by atoms with Gasteiger partial charge in [0, 0.05) is 11.3 Å². The zero-order valence-corrected chi connectivity index (χ0v) is 10.0. The molecule has 84 valence electrons. The second-order valence-electron chi connectivity index (χ2n) is 7.20. The molecule has 5 rings (SSSR count). The number of ether oxygens (including phenoxy) is 1. The van der Waals surface area contributed by atoms with E-state index in [2.05, 4.69) is 27.7 Å². The molecule has 6 atom stereocenters. The zero-order valence-electron chi connectivity index (χ0n) is 10.0. The van der Waals surface area contributed by atoms with Crippen LogP contribution < -0.4 is 0 Å². The summed E-state index contributed by atoms with van der Waals surface area (Å²) in [5, 5.41) is 10.9. The van der Waals surface area contributed by atoms with Gasteiger partial charge < -0.3 is 9.84 Å². The molecular formula is C13H20O2. The van der Waals surface area contributed by atoms with Crippen molar-refractivity contribution >= 4 is 0 Å². The van der Waals surface area contributed by atoms with Crippen LogP contribution in [0.1, 0.15) is 40.5 Å². The maximum Gasteiger partial charge on any atom is 0.175 e. The summed E-state index contributed by atoms with van der Waals surface area (Å²) in [6.07, 6.45) is 2.66. The first kappa shape index (κ1) is 9.00. The van der Waals surface area contributed by atoms with Crippen LogP contribution in [-0.2, 0) is 4.74 Å². The van der Waals surface area contributed by atoms with Gasteiger partial charge in [0.1, 0.15) is 0 Å². The Bertz CT molecular complexity index is 377. The van der Waals surface area contributed by atoms with E-state index in [9.17, 15) is 5.11 Å². The fourth-order valence-corrected chi connectivity index (χ4v) is 5.73. The zero-order chi connectivity index (χ0) is 10.9. The molecule has 2 heteroatoms. The number of rotatable bonds is 0. The van der Waals surface area contributed by atoms with Gasteiger partial charge >= 0.3 is 0 Å². The molecule has 15 heavy (non-hydrogen) atoms. The number of aliphatic hydroxyl groups is 1. The second kappa shape index (κ2) is 1.80. The van der Waals surface area contributed by atoms with E-state index >= 15 is 0 Å². The Kier molecular flexibility index (Phi) is 1.08. The molecule has 1 N–H and O–H groups in total. The van der Waals surface area contributed by atoms with E-state index < -0.39 is 5.79 Å². The molecule has 5 aliphatic rings. The van der Waals surface area contributed by atoms with E-state index in [4.69, 9.17) is 4.74 Å². The van der Waals surface area contributed by atoms with Gasteiger partial charge in [-0.05, 0) is 29.6 Å². The van der Waals surface area contributed by atoms with Crippen molar-refractivity contribution in [3.8, 4) is 0 Å². The molecule has 4 bridgehead atoms. The summed E-state index contributed by atoms with van der Waals surface area (Å²) in [4.78, 5) is 0. The van der Waals surface area contributed by atoms with Gasteiger partial charge in [-0.15, -0.1) is 0 Å². The molecule has 0 aromatic carbocycles. The lowest BCUT2D eigenvalue weighted by molar-refractivity contribution is -0.357. The highest BCUT2D eigenvalue weighted by atomic mass is 16.6. The van der Waals surface area contributed by atoms with Crippen molar-refractivity contribution in [2.45, 2.75) is 52.4 Å². The summed E-state index contributed by atoms with van der Waals surface area (Å²) in [6, 6.07) is 0. The van der Waals surface area contributed by atoms with Crippen molar-refractivity contribution < 1.29 is 9.84 Å². The first-order valence-corrected chi connectivity index (χ1v) is 6.19. The summed E-state index contributed by atoms with van der Waals surface area (Å²) in [5.41, 5.74) is 0.524. The third kappa shape index (κ3) is 0.533. The van der Waals surface area contributed by atoms with E-state index in [0.29, 0.717) is 17.4 Å². The largest absolute Gasteiger partial charge is 0.365 e. The van der Waals surface area contributed by atoms with Crippen molar-refractivity contribution in [2.75, 3.05) is 0 Å². The normalized spacial score (nSPS) is 72.2. The first-order valence-electron chi connectivity index (χ1n) is 6.19. The maximum atomic E-state index is 10.9. The van der Waals surface area contributed by atoms with Crippen molar-refractivity contribution in [1.29, 1.82) is 0 Å². The fourth-order valence-electron chi connectivity index (χ4n) is 5.73. The Labute approximate surface area is 91.0 Å². The summed E-state index contributed by atoms with van der Waals surface area (Å²) in [6.45, 7) is 9.16. The summed E-state index contributed by atoms with van der Waals surface area (Å²) in [7, 11) is 0. The highest BCUT2D eigenvalue weighted by Gasteiger charge is 2.92. The predicted molar refractivity (Wildman–Crippen MR) is 56.0 cm³/mol. The Balaban J connectivity index is 2.01. The molecule has 5 fully saturated rings. The van der Waals surface area contributed by atoms with Crippen LogP contribution in [0.4, 0.5) is 0 Å². The van der Waals surface area contributed by atoms with Gasteiger partial charge in [0.2, 0.25) is 0 Å². The minimum atomic E-state index is -0.831. The van der Waals surface area contributed by atoms with Gasteiger partial charge in [-0.1, -0.05) is 27.7 Å². The first-order chi connectivity index (χ1) is 6.79. The third-order valence-corrected chi connectivity index (χ3v) is 7.09. The van der Waals surface area contributed by atoms with E-state index in [1.54, 1.807) is 0 Å². The molecule has 2 heterocycles. The lowest BCUT2D eigenvalue weighted by atomic mass is 9.52. The summed E-state index contributed by atoms with van der Waals surface area (Å²) >= 11 is 0. The van der Waals surface area contributed by atoms with E-state index in [-0.39, 0.29) is 10.8 Å². The van der Waals surface area contributed by atoms with Gasteiger partial charge in [0.15, 0.2) is 5.79 Å². The highest BCUT2D eigenvalue weighted by Crippen LogP contribution is 2.90. The molecule has 0 aromatic heterocycles. The van der Waals surface area contributed by atoms with Crippen LogP contribution >= 0.6 is 0 Å². The molecule has 0 amide bonds. The Hall–Kier alpha value is -0.0800. The van der Waals surface area contributed by atoms with Crippen LogP contribution in [-0.4, -0.2) is 17.0 Å². The summed E-state index contributed by atoms with van der Waals surface area (Å²) < 4.78 is 5.99. The molecule has 0 spiro atoms. The summed E-state index contributed by atoms with van der Waals surface area (Å²) in [5.74, 6) is 0.305. The van der Waals surface area contributed by atoms with Gasteiger partial charge in [-0.25, -0.2) is 0 Å². The van der Waals surface area contributed by atoms with Crippen LogP contribution in [0.5, 0.6) is 0 Å². The maximum absolute atomic E-state index is 10.9. The minimum Gasteiger partial charge on any atom is -0.365 e. The molecule has 2 nitrogen and oxygen atoms in total. The monoisotopic (exact) mass is 208 g/mol. The fraction of sp³-hybridized carbons (Fsp3) is 1.00. The standard InChI is InChI=1S/C13H20O2/c1-10(2)11(3)6-7-5-8-9(12(8,11)4)13(10,14)15-7/h7-9,14H,5-6H2,1-4H3/t7-,8?,9?,11+,12-,13+/m1/s1. The molecule has 3 saturated carbocycles. The molecule has 2 aliphatic heterocycles. The van der Waals surface area contributed by atoms with Crippen LogP contribution in [0.15, 0.2) is 0 Å². The molecule has 2 saturated heterocycles. The molecule has 0 radical (unpaired) electrons. The van der Waals surface area contributed by atoms with E-state index in [0.717, 1.165) is 12.3 Å². The number of hydrogen-bond acceptors (Lipinski definition) is 2. The lowest BCUT2D eigenvalue weighted by Crippen LogP contribution is -2.63. The van der Waals surface area contributed by atoms with Crippen LogP contribution in [0.25, 0.3) is 0 Å². The van der Waals surface area contributed by atoms with Crippen molar-refractivity contribution in [1.82, 2.24) is 0 Å². The van der Waals surface area contributed by atoms with Gasteiger partial charge in [-0.2, -0.15) is 0 Å². The highest BCUT2D eigenvalue weighted by molar-refractivity contribution is 5.36. The molecule has 3 aliphatic carbocycles. The average molecular weight is 208 g/mol. The topological polar surface area (TPSA) is 29.5 Å². The Morgan fingerprint density at radius 2 is 1.87 bits per heavy atom. The minimum absolute atomic E-state index is 0.0904. The quantitative estimate of drug-likeness (QED) is 0.661. The van der Waals surface area contributed by atoms with E-state index in [1.165, 1.54) is 6.42 Å². The molecule has 2 unspecified atom stereocenters. The van der Waals surface area contributed by atoms with Crippen molar-refractivity contribution in [2.24, 2.45) is 28.1 Å².